The first kappa shape index (κ1) is 13.4. The summed E-state index contributed by atoms with van der Waals surface area (Å²) in [6.07, 6.45) is 7.66. The van der Waals surface area contributed by atoms with E-state index in [0.717, 1.165) is 31.2 Å². The molecule has 1 fully saturated rings. The van der Waals surface area contributed by atoms with Gasteiger partial charge in [-0.3, -0.25) is 4.99 Å². The van der Waals surface area contributed by atoms with Crippen molar-refractivity contribution < 1.29 is 0 Å². The van der Waals surface area contributed by atoms with Crippen LogP contribution in [0.4, 0.5) is 11.6 Å². The highest BCUT2D eigenvalue weighted by Gasteiger charge is 2.24. The third kappa shape index (κ3) is 2.80. The van der Waals surface area contributed by atoms with E-state index in [-0.39, 0.29) is 5.95 Å². The van der Waals surface area contributed by atoms with Crippen LogP contribution in [-0.4, -0.2) is 35.1 Å². The Labute approximate surface area is 123 Å². The largest absolute Gasteiger partial charge is 0.368 e. The molecule has 1 aliphatic heterocycles. The number of guanidine groups is 1. The molecule has 2 aliphatic rings. The number of anilines is 2. The minimum atomic E-state index is 0.193. The smallest absolute Gasteiger partial charge is 0.221 e. The van der Waals surface area contributed by atoms with E-state index in [9.17, 15) is 0 Å². The van der Waals surface area contributed by atoms with Crippen LogP contribution in [0.25, 0.3) is 0 Å². The van der Waals surface area contributed by atoms with Gasteiger partial charge >= 0.3 is 0 Å². The van der Waals surface area contributed by atoms with Crippen molar-refractivity contribution in [1.82, 2.24) is 15.3 Å². The van der Waals surface area contributed by atoms with E-state index in [2.05, 4.69) is 25.2 Å². The van der Waals surface area contributed by atoms with E-state index in [1.165, 1.54) is 25.7 Å². The Balaban J connectivity index is 1.82. The standard InChI is InChI=1S/C13H19ClN6/c14-11-10(8-17-12(15)19-11)20-7-3-6-16-13(20)18-9-4-1-2-5-9/h8-9H,1-7H2,(H,16,18)(H2,15,17,19). The quantitative estimate of drug-likeness (QED) is 0.813. The number of nitrogen functional groups attached to an aromatic ring is 1. The molecule has 0 spiro atoms. The first-order valence-corrected chi connectivity index (χ1v) is 7.48. The van der Waals surface area contributed by atoms with Gasteiger partial charge in [-0.1, -0.05) is 24.4 Å². The number of nitrogens with zero attached hydrogens (tertiary/aromatic N) is 4. The van der Waals surface area contributed by atoms with Crippen LogP contribution in [0.1, 0.15) is 32.1 Å². The minimum Gasteiger partial charge on any atom is -0.368 e. The summed E-state index contributed by atoms with van der Waals surface area (Å²) in [5.74, 6) is 1.08. The van der Waals surface area contributed by atoms with Crippen molar-refractivity contribution in [3.63, 3.8) is 0 Å². The Bertz CT molecular complexity index is 512. The fraction of sp³-hybridized carbons (Fsp3) is 0.615. The molecule has 3 N–H and O–H groups in total. The molecule has 20 heavy (non-hydrogen) atoms. The molecule has 3 rings (SSSR count). The highest BCUT2D eigenvalue weighted by Crippen LogP contribution is 2.26. The van der Waals surface area contributed by atoms with Crippen LogP contribution in [0.5, 0.6) is 0 Å². The normalized spacial score (nSPS) is 20.1. The summed E-state index contributed by atoms with van der Waals surface area (Å²) in [6.45, 7) is 1.71. The number of rotatable bonds is 2. The maximum Gasteiger partial charge on any atom is 0.221 e. The molecule has 1 aromatic heterocycles. The van der Waals surface area contributed by atoms with Crippen molar-refractivity contribution in [2.24, 2.45) is 4.99 Å². The third-order valence-corrected chi connectivity index (χ3v) is 4.06. The molecule has 0 radical (unpaired) electrons. The first-order valence-electron chi connectivity index (χ1n) is 7.10. The minimum absolute atomic E-state index is 0.193. The molecule has 1 saturated carbocycles. The average molecular weight is 295 g/mol. The van der Waals surface area contributed by atoms with Crippen LogP contribution < -0.4 is 16.0 Å². The predicted octanol–water partition coefficient (Wildman–Crippen LogP) is 1.81. The number of hydrogen-bond acceptors (Lipinski definition) is 6. The van der Waals surface area contributed by atoms with Gasteiger partial charge in [-0.25, -0.2) is 4.98 Å². The van der Waals surface area contributed by atoms with E-state index >= 15 is 0 Å². The Morgan fingerprint density at radius 1 is 1.30 bits per heavy atom. The molecular weight excluding hydrogens is 276 g/mol. The second-order valence-electron chi connectivity index (χ2n) is 5.24. The molecular formula is C13H19ClN6. The van der Waals surface area contributed by atoms with Crippen molar-refractivity contribution in [2.45, 2.75) is 38.1 Å². The van der Waals surface area contributed by atoms with Crippen molar-refractivity contribution >= 4 is 29.2 Å². The lowest BCUT2D eigenvalue weighted by atomic mass is 10.2. The lowest BCUT2D eigenvalue weighted by molar-refractivity contribution is 0.610. The SMILES string of the molecule is Nc1ncc(N2CCCN=C2NC2CCCC2)c(Cl)n1. The van der Waals surface area contributed by atoms with Crippen LogP contribution in [0.3, 0.4) is 0 Å². The highest BCUT2D eigenvalue weighted by molar-refractivity contribution is 6.32. The summed E-state index contributed by atoms with van der Waals surface area (Å²) in [6, 6.07) is 0.517. The Kier molecular flexibility index (Phi) is 3.91. The molecule has 108 valence electrons. The molecule has 0 amide bonds. The summed E-state index contributed by atoms with van der Waals surface area (Å²) < 4.78 is 0. The zero-order valence-corrected chi connectivity index (χ0v) is 12.1. The van der Waals surface area contributed by atoms with Gasteiger partial charge in [-0.15, -0.1) is 0 Å². The van der Waals surface area contributed by atoms with Crippen LogP contribution in [0, 0.1) is 0 Å². The van der Waals surface area contributed by atoms with Gasteiger partial charge in [0.1, 0.15) is 5.69 Å². The molecule has 1 aliphatic carbocycles. The monoisotopic (exact) mass is 294 g/mol. The Morgan fingerprint density at radius 2 is 2.10 bits per heavy atom. The van der Waals surface area contributed by atoms with Crippen LogP contribution >= 0.6 is 11.6 Å². The van der Waals surface area contributed by atoms with E-state index in [4.69, 9.17) is 17.3 Å². The molecule has 0 atom stereocenters. The lowest BCUT2D eigenvalue weighted by Gasteiger charge is -2.31. The first-order chi connectivity index (χ1) is 9.74. The van der Waals surface area contributed by atoms with Crippen LogP contribution in [-0.2, 0) is 0 Å². The summed E-state index contributed by atoms with van der Waals surface area (Å²) in [7, 11) is 0. The van der Waals surface area contributed by atoms with Gasteiger partial charge in [-0.2, -0.15) is 4.98 Å². The maximum absolute atomic E-state index is 6.19. The number of halogens is 1. The number of nitrogens with two attached hydrogens (primary N) is 1. The fourth-order valence-electron chi connectivity index (χ4n) is 2.76. The molecule has 1 aromatic rings. The number of aromatic nitrogens is 2. The molecule has 0 aromatic carbocycles. The van der Waals surface area contributed by atoms with Crippen molar-refractivity contribution in [3.05, 3.63) is 11.3 Å². The predicted molar refractivity (Wildman–Crippen MR) is 81.1 cm³/mol. The van der Waals surface area contributed by atoms with Crippen molar-refractivity contribution in [2.75, 3.05) is 23.7 Å². The van der Waals surface area contributed by atoms with Gasteiger partial charge in [0.05, 0.1) is 6.20 Å². The molecule has 0 saturated heterocycles. The van der Waals surface area contributed by atoms with E-state index in [0.29, 0.717) is 11.2 Å². The zero-order valence-electron chi connectivity index (χ0n) is 11.3. The van der Waals surface area contributed by atoms with E-state index in [1.807, 2.05) is 0 Å². The summed E-state index contributed by atoms with van der Waals surface area (Å²) in [4.78, 5) is 14.7. The van der Waals surface area contributed by atoms with Gasteiger partial charge in [0.25, 0.3) is 0 Å². The second kappa shape index (κ2) is 5.83. The molecule has 0 bridgehead atoms. The number of aliphatic imine (C=N–C) groups is 1. The summed E-state index contributed by atoms with van der Waals surface area (Å²) in [5.41, 5.74) is 6.32. The summed E-state index contributed by atoms with van der Waals surface area (Å²) in [5, 5.41) is 3.91. The van der Waals surface area contributed by atoms with Gasteiger partial charge in [-0.05, 0) is 19.3 Å². The van der Waals surface area contributed by atoms with Gasteiger partial charge in [0.15, 0.2) is 11.1 Å². The van der Waals surface area contributed by atoms with Gasteiger partial charge in [0, 0.05) is 19.1 Å². The molecule has 2 heterocycles. The zero-order chi connectivity index (χ0) is 13.9. The molecule has 6 nitrogen and oxygen atoms in total. The third-order valence-electron chi connectivity index (χ3n) is 3.78. The fourth-order valence-corrected chi connectivity index (χ4v) is 3.00. The Hall–Kier alpha value is -1.56. The number of hydrogen-bond donors (Lipinski definition) is 2. The van der Waals surface area contributed by atoms with Crippen LogP contribution in [0.2, 0.25) is 5.15 Å². The molecule has 0 unspecified atom stereocenters. The van der Waals surface area contributed by atoms with E-state index in [1.54, 1.807) is 6.20 Å². The van der Waals surface area contributed by atoms with Crippen molar-refractivity contribution in [3.8, 4) is 0 Å². The lowest BCUT2D eigenvalue weighted by Crippen LogP contribution is -2.48. The second-order valence-corrected chi connectivity index (χ2v) is 5.60. The average Bonchev–Trinajstić information content (AvgIpc) is 2.93. The summed E-state index contributed by atoms with van der Waals surface area (Å²) >= 11 is 6.19. The van der Waals surface area contributed by atoms with Crippen LogP contribution in [0.15, 0.2) is 11.2 Å². The Morgan fingerprint density at radius 3 is 2.85 bits per heavy atom. The molecule has 7 heteroatoms. The van der Waals surface area contributed by atoms with Gasteiger partial charge < -0.3 is 16.0 Å². The maximum atomic E-state index is 6.19. The highest BCUT2D eigenvalue weighted by atomic mass is 35.5. The topological polar surface area (TPSA) is 79.4 Å². The van der Waals surface area contributed by atoms with Gasteiger partial charge in [0.2, 0.25) is 5.95 Å². The van der Waals surface area contributed by atoms with Crippen molar-refractivity contribution in [1.29, 1.82) is 0 Å². The van der Waals surface area contributed by atoms with E-state index < -0.39 is 0 Å². The number of nitrogens with one attached hydrogen (secondary N) is 1.